The van der Waals surface area contributed by atoms with Crippen molar-refractivity contribution >= 4 is 21.9 Å². The van der Waals surface area contributed by atoms with E-state index in [-0.39, 0.29) is 6.04 Å². The van der Waals surface area contributed by atoms with E-state index >= 15 is 0 Å². The zero-order valence-corrected chi connectivity index (χ0v) is 10.3. The first-order chi connectivity index (χ1) is 6.99. The summed E-state index contributed by atoms with van der Waals surface area (Å²) in [5, 5.41) is 13.4. The lowest BCUT2D eigenvalue weighted by Gasteiger charge is -2.10. The molecule has 15 heavy (non-hydrogen) atoms. The molecule has 1 aromatic heterocycles. The van der Waals surface area contributed by atoms with Gasteiger partial charge in [0.15, 0.2) is 0 Å². The van der Waals surface area contributed by atoms with Crippen molar-refractivity contribution < 1.29 is 9.90 Å². The summed E-state index contributed by atoms with van der Waals surface area (Å²) < 4.78 is 2.61. The Bertz CT molecular complexity index is 408. The molecule has 0 saturated heterocycles. The van der Waals surface area contributed by atoms with Crippen molar-refractivity contribution in [1.29, 1.82) is 0 Å². The number of nitrogens with zero attached hydrogens (tertiary/aromatic N) is 2. The molecule has 1 aliphatic carbocycles. The van der Waals surface area contributed by atoms with E-state index in [1.165, 1.54) is 0 Å². The molecular weight excluding hydrogens is 260 g/mol. The van der Waals surface area contributed by atoms with Crippen LogP contribution >= 0.6 is 15.9 Å². The van der Waals surface area contributed by atoms with Crippen molar-refractivity contribution in [2.45, 2.75) is 38.1 Å². The second-order valence-corrected chi connectivity index (χ2v) is 5.03. The summed E-state index contributed by atoms with van der Waals surface area (Å²) >= 11 is 3.43. The Morgan fingerprint density at radius 3 is 2.60 bits per heavy atom. The minimum atomic E-state index is -0.744. The third-order valence-corrected chi connectivity index (χ3v) is 3.69. The summed E-state index contributed by atoms with van der Waals surface area (Å²) in [6.07, 6.45) is 3.10. The van der Waals surface area contributed by atoms with Crippen molar-refractivity contribution in [3.63, 3.8) is 0 Å². The molecule has 0 spiro atoms. The highest BCUT2D eigenvalue weighted by atomic mass is 79.9. The Hall–Kier alpha value is -0.840. The number of aliphatic carboxylic acids is 1. The molecule has 1 heterocycles. The lowest BCUT2D eigenvalue weighted by Crippen LogP contribution is -2.19. The molecular formula is C10H13BrN2O2. The highest BCUT2D eigenvalue weighted by molar-refractivity contribution is 9.10. The van der Waals surface area contributed by atoms with Crippen LogP contribution in [0.4, 0.5) is 0 Å². The van der Waals surface area contributed by atoms with Crippen molar-refractivity contribution in [3.05, 3.63) is 16.4 Å². The molecule has 0 aromatic carbocycles. The predicted molar refractivity (Wildman–Crippen MR) is 58.9 cm³/mol. The van der Waals surface area contributed by atoms with Gasteiger partial charge in [-0.3, -0.25) is 9.48 Å². The van der Waals surface area contributed by atoms with Gasteiger partial charge in [0.25, 0.3) is 0 Å². The standard InChI is InChI=1S/C10H13BrN2O2/c1-6(2)13-8(11)7(5-12-13)10(3-4-10)9(14)15/h5-6H,3-4H2,1-2H3,(H,14,15). The maximum atomic E-state index is 11.2. The van der Waals surface area contributed by atoms with Crippen LogP contribution in [0.3, 0.4) is 0 Å². The Morgan fingerprint density at radius 1 is 1.67 bits per heavy atom. The molecule has 0 radical (unpaired) electrons. The molecule has 82 valence electrons. The number of carboxylic acid groups (broad SMARTS) is 1. The van der Waals surface area contributed by atoms with Gasteiger partial charge in [-0.1, -0.05) is 0 Å². The van der Waals surface area contributed by atoms with E-state index in [4.69, 9.17) is 0 Å². The number of aromatic nitrogens is 2. The largest absolute Gasteiger partial charge is 0.481 e. The first kappa shape index (κ1) is 10.7. The van der Waals surface area contributed by atoms with E-state index in [0.717, 1.165) is 10.2 Å². The van der Waals surface area contributed by atoms with Crippen LogP contribution in [0.2, 0.25) is 0 Å². The smallest absolute Gasteiger partial charge is 0.314 e. The van der Waals surface area contributed by atoms with E-state index in [0.29, 0.717) is 12.8 Å². The first-order valence-corrected chi connectivity index (χ1v) is 5.75. The number of rotatable bonds is 3. The predicted octanol–water partition coefficient (Wildman–Crippen LogP) is 2.34. The van der Waals surface area contributed by atoms with Crippen molar-refractivity contribution in [3.8, 4) is 0 Å². The number of halogens is 1. The summed E-state index contributed by atoms with van der Waals surface area (Å²) in [5.41, 5.74) is 0.134. The molecule has 1 N–H and O–H groups in total. The fourth-order valence-corrected chi connectivity index (χ4v) is 2.73. The third kappa shape index (κ3) is 1.49. The minimum Gasteiger partial charge on any atom is -0.481 e. The second kappa shape index (κ2) is 3.33. The molecule has 0 unspecified atom stereocenters. The van der Waals surface area contributed by atoms with E-state index in [2.05, 4.69) is 21.0 Å². The van der Waals surface area contributed by atoms with Gasteiger partial charge < -0.3 is 5.11 Å². The van der Waals surface area contributed by atoms with Crippen LogP contribution in [-0.2, 0) is 10.2 Å². The summed E-state index contributed by atoms with van der Waals surface area (Å²) in [6, 6.07) is 0.234. The Kier molecular flexibility index (Phi) is 2.37. The maximum absolute atomic E-state index is 11.2. The lowest BCUT2D eigenvalue weighted by atomic mass is 10.0. The molecule has 0 aliphatic heterocycles. The quantitative estimate of drug-likeness (QED) is 0.919. The van der Waals surface area contributed by atoms with E-state index in [9.17, 15) is 9.90 Å². The van der Waals surface area contributed by atoms with Gasteiger partial charge in [-0.15, -0.1) is 0 Å². The van der Waals surface area contributed by atoms with Crippen molar-refractivity contribution in [1.82, 2.24) is 9.78 Å². The third-order valence-electron chi connectivity index (χ3n) is 2.90. The van der Waals surface area contributed by atoms with E-state index in [1.807, 2.05) is 13.8 Å². The average Bonchev–Trinajstić information content (AvgIpc) is 2.85. The Balaban J connectivity index is 2.43. The van der Waals surface area contributed by atoms with E-state index < -0.39 is 11.4 Å². The van der Waals surface area contributed by atoms with Gasteiger partial charge in [0.1, 0.15) is 4.60 Å². The van der Waals surface area contributed by atoms with Crippen LogP contribution in [-0.4, -0.2) is 20.9 Å². The van der Waals surface area contributed by atoms with Crippen LogP contribution in [0.1, 0.15) is 38.3 Å². The molecule has 0 amide bonds. The summed E-state index contributed by atoms with van der Waals surface area (Å²) in [7, 11) is 0. The fraction of sp³-hybridized carbons (Fsp3) is 0.600. The van der Waals surface area contributed by atoms with Crippen LogP contribution in [0.15, 0.2) is 10.8 Å². The van der Waals surface area contributed by atoms with Crippen LogP contribution < -0.4 is 0 Å². The van der Waals surface area contributed by atoms with Gasteiger partial charge in [0, 0.05) is 11.6 Å². The van der Waals surface area contributed by atoms with E-state index in [1.54, 1.807) is 10.9 Å². The van der Waals surface area contributed by atoms with Crippen LogP contribution in [0.25, 0.3) is 0 Å². The van der Waals surface area contributed by atoms with Gasteiger partial charge in [-0.25, -0.2) is 0 Å². The summed E-state index contributed by atoms with van der Waals surface area (Å²) in [4.78, 5) is 11.2. The molecule has 0 atom stereocenters. The molecule has 0 bridgehead atoms. The van der Waals surface area contributed by atoms with Gasteiger partial charge in [-0.2, -0.15) is 5.10 Å². The van der Waals surface area contributed by atoms with Gasteiger partial charge >= 0.3 is 5.97 Å². The van der Waals surface area contributed by atoms with Crippen molar-refractivity contribution in [2.24, 2.45) is 0 Å². The molecule has 5 heteroatoms. The minimum absolute atomic E-state index is 0.234. The van der Waals surface area contributed by atoms with Gasteiger partial charge in [-0.05, 0) is 42.6 Å². The molecule has 1 saturated carbocycles. The molecule has 2 rings (SSSR count). The molecule has 1 aliphatic rings. The topological polar surface area (TPSA) is 55.1 Å². The highest BCUT2D eigenvalue weighted by Gasteiger charge is 2.53. The summed E-state index contributed by atoms with van der Waals surface area (Å²) in [6.45, 7) is 4.03. The first-order valence-electron chi connectivity index (χ1n) is 4.96. The fourth-order valence-electron chi connectivity index (χ4n) is 1.75. The summed E-state index contributed by atoms with van der Waals surface area (Å²) in [5.74, 6) is -0.744. The average molecular weight is 273 g/mol. The van der Waals surface area contributed by atoms with Crippen molar-refractivity contribution in [2.75, 3.05) is 0 Å². The Labute approximate surface area is 96.4 Å². The normalized spacial score (nSPS) is 18.1. The molecule has 1 fully saturated rings. The SMILES string of the molecule is CC(C)n1ncc(C2(C(=O)O)CC2)c1Br. The zero-order chi connectivity index (χ0) is 11.2. The maximum Gasteiger partial charge on any atom is 0.314 e. The Morgan fingerprint density at radius 2 is 2.27 bits per heavy atom. The molecule has 4 nitrogen and oxygen atoms in total. The zero-order valence-electron chi connectivity index (χ0n) is 8.70. The van der Waals surface area contributed by atoms with Gasteiger partial charge in [0.2, 0.25) is 0 Å². The number of hydrogen-bond acceptors (Lipinski definition) is 2. The second-order valence-electron chi connectivity index (χ2n) is 4.27. The van der Waals surface area contributed by atoms with Crippen LogP contribution in [0, 0.1) is 0 Å². The highest BCUT2D eigenvalue weighted by Crippen LogP contribution is 2.50. The number of carbonyl (C=O) groups is 1. The number of hydrogen-bond donors (Lipinski definition) is 1. The van der Waals surface area contributed by atoms with Gasteiger partial charge in [0.05, 0.1) is 11.6 Å². The lowest BCUT2D eigenvalue weighted by molar-refractivity contribution is -0.140. The number of carboxylic acids is 1. The molecule has 1 aromatic rings. The monoisotopic (exact) mass is 272 g/mol. The van der Waals surface area contributed by atoms with Crippen LogP contribution in [0.5, 0.6) is 0 Å².